The van der Waals surface area contributed by atoms with Gasteiger partial charge in [0.25, 0.3) is 0 Å². The molecule has 1 aliphatic carbocycles. The van der Waals surface area contributed by atoms with Gasteiger partial charge in [-0.25, -0.2) is 18.1 Å². The van der Waals surface area contributed by atoms with Crippen LogP contribution in [0.5, 0.6) is 0 Å². The third-order valence-electron chi connectivity index (χ3n) is 3.52. The second kappa shape index (κ2) is 6.31. The van der Waals surface area contributed by atoms with Crippen molar-refractivity contribution >= 4 is 26.7 Å². The summed E-state index contributed by atoms with van der Waals surface area (Å²) < 4.78 is 29.6. The van der Waals surface area contributed by atoms with Crippen LogP contribution in [0.1, 0.15) is 35.7 Å². The first kappa shape index (κ1) is 15.4. The van der Waals surface area contributed by atoms with E-state index in [4.69, 9.17) is 0 Å². The first-order chi connectivity index (χ1) is 10.6. The third-order valence-corrected chi connectivity index (χ3v) is 5.54. The molecule has 1 aliphatic rings. The summed E-state index contributed by atoms with van der Waals surface area (Å²) in [6.45, 7) is 0.651. The van der Waals surface area contributed by atoms with E-state index in [0.717, 1.165) is 22.1 Å². The van der Waals surface area contributed by atoms with Crippen LogP contribution in [-0.4, -0.2) is 24.8 Å². The van der Waals surface area contributed by atoms with Crippen molar-refractivity contribution in [3.05, 3.63) is 41.2 Å². The summed E-state index contributed by atoms with van der Waals surface area (Å²) in [5.41, 5.74) is 1.85. The minimum absolute atomic E-state index is 0.00163. The van der Waals surface area contributed by atoms with Crippen LogP contribution < -0.4 is 10.0 Å². The highest BCUT2D eigenvalue weighted by Crippen LogP contribution is 2.39. The second-order valence-corrected chi connectivity index (χ2v) is 8.04. The van der Waals surface area contributed by atoms with Gasteiger partial charge >= 0.3 is 0 Å². The molecule has 0 aliphatic heterocycles. The Morgan fingerprint density at radius 3 is 2.55 bits per heavy atom. The molecule has 0 radical (unpaired) electrons. The van der Waals surface area contributed by atoms with Gasteiger partial charge in [0, 0.05) is 24.0 Å². The lowest BCUT2D eigenvalue weighted by Gasteiger charge is -2.05. The van der Waals surface area contributed by atoms with Gasteiger partial charge in [-0.05, 0) is 31.0 Å². The molecule has 0 bridgehead atoms. The molecule has 1 aromatic carbocycles. The van der Waals surface area contributed by atoms with Crippen LogP contribution in [0.25, 0.3) is 0 Å². The lowest BCUT2D eigenvalue weighted by molar-refractivity contribution is 0.587. The van der Waals surface area contributed by atoms with Crippen LogP contribution >= 0.6 is 11.5 Å². The van der Waals surface area contributed by atoms with Crippen molar-refractivity contribution in [2.45, 2.75) is 31.1 Å². The molecule has 8 heteroatoms. The Kier molecular flexibility index (Phi) is 4.42. The van der Waals surface area contributed by atoms with Crippen LogP contribution in [0.15, 0.2) is 24.3 Å². The predicted molar refractivity (Wildman–Crippen MR) is 87.3 cm³/mol. The van der Waals surface area contributed by atoms with Crippen LogP contribution in [-0.2, 0) is 22.3 Å². The monoisotopic (exact) mass is 338 g/mol. The summed E-state index contributed by atoms with van der Waals surface area (Å²) in [4.78, 5) is 4.47. The molecule has 0 unspecified atom stereocenters. The van der Waals surface area contributed by atoms with Crippen molar-refractivity contribution in [2.24, 2.45) is 0 Å². The predicted octanol–water partition coefficient (Wildman–Crippen LogP) is 2.08. The first-order valence-electron chi connectivity index (χ1n) is 7.12. The lowest BCUT2D eigenvalue weighted by Crippen LogP contribution is -2.20. The minimum atomic E-state index is -3.22. The summed E-state index contributed by atoms with van der Waals surface area (Å²) in [5, 5.41) is 4.09. The van der Waals surface area contributed by atoms with E-state index < -0.39 is 10.0 Å². The second-order valence-electron chi connectivity index (χ2n) is 5.37. The number of benzene rings is 1. The van der Waals surface area contributed by atoms with Gasteiger partial charge in [0.2, 0.25) is 15.2 Å². The first-order valence-corrected chi connectivity index (χ1v) is 9.55. The third kappa shape index (κ3) is 4.02. The van der Waals surface area contributed by atoms with Crippen molar-refractivity contribution in [2.75, 3.05) is 12.4 Å². The zero-order valence-electron chi connectivity index (χ0n) is 12.2. The number of hydrogen-bond donors (Lipinski definition) is 2. The molecule has 1 saturated carbocycles. The highest BCUT2D eigenvalue weighted by Gasteiger charge is 2.27. The lowest BCUT2D eigenvalue weighted by atomic mass is 10.1. The number of rotatable bonds is 7. The Labute approximate surface area is 134 Å². The Morgan fingerprint density at radius 1 is 1.23 bits per heavy atom. The number of nitrogens with zero attached hydrogens (tertiary/aromatic N) is 2. The molecule has 0 atom stereocenters. The molecule has 0 spiro atoms. The maximum Gasteiger partial charge on any atom is 0.215 e. The van der Waals surface area contributed by atoms with Crippen LogP contribution in [0.3, 0.4) is 0 Å². The summed E-state index contributed by atoms with van der Waals surface area (Å²) >= 11 is 1.39. The average molecular weight is 338 g/mol. The topological polar surface area (TPSA) is 84.0 Å². The van der Waals surface area contributed by atoms with E-state index in [9.17, 15) is 8.42 Å². The highest BCUT2D eigenvalue weighted by molar-refractivity contribution is 7.88. The number of aromatic nitrogens is 2. The molecule has 118 valence electrons. The molecule has 2 N–H and O–H groups in total. The Hall–Kier alpha value is -1.51. The quantitative estimate of drug-likeness (QED) is 0.807. The van der Waals surface area contributed by atoms with E-state index in [2.05, 4.69) is 19.4 Å². The van der Waals surface area contributed by atoms with Crippen molar-refractivity contribution < 1.29 is 8.42 Å². The van der Waals surface area contributed by atoms with Crippen LogP contribution in [0, 0.1) is 0 Å². The summed E-state index contributed by atoms with van der Waals surface area (Å²) in [6, 6.07) is 7.52. The van der Waals surface area contributed by atoms with E-state index in [1.807, 2.05) is 24.3 Å². The molecule has 1 aromatic heterocycles. The minimum Gasteiger partial charge on any atom is -0.356 e. The SMILES string of the molecule is CNS(=O)(=O)Cc1ccc(CNc2nc(C3CC3)ns2)cc1. The van der Waals surface area contributed by atoms with E-state index in [-0.39, 0.29) is 5.75 Å². The zero-order chi connectivity index (χ0) is 15.6. The van der Waals surface area contributed by atoms with E-state index >= 15 is 0 Å². The normalized spacial score (nSPS) is 15.0. The fourth-order valence-corrected chi connectivity index (χ4v) is 3.45. The van der Waals surface area contributed by atoms with E-state index in [1.165, 1.54) is 31.4 Å². The number of sulfonamides is 1. The molecule has 0 saturated heterocycles. The van der Waals surface area contributed by atoms with Gasteiger partial charge in [-0.1, -0.05) is 24.3 Å². The van der Waals surface area contributed by atoms with Crippen molar-refractivity contribution in [1.29, 1.82) is 0 Å². The highest BCUT2D eigenvalue weighted by atomic mass is 32.2. The molecule has 1 fully saturated rings. The summed E-state index contributed by atoms with van der Waals surface area (Å²) in [5.74, 6) is 1.53. The van der Waals surface area contributed by atoms with Gasteiger partial charge in [-0.15, -0.1) is 0 Å². The molecular formula is C14H18N4O2S2. The number of anilines is 1. The average Bonchev–Trinajstić information content (AvgIpc) is 3.25. The Morgan fingerprint density at radius 2 is 1.91 bits per heavy atom. The fraction of sp³-hybridized carbons (Fsp3) is 0.429. The summed E-state index contributed by atoms with van der Waals surface area (Å²) in [7, 11) is -1.80. The van der Waals surface area contributed by atoms with Crippen molar-refractivity contribution in [3.8, 4) is 0 Å². The fourth-order valence-electron chi connectivity index (χ4n) is 2.04. The smallest absolute Gasteiger partial charge is 0.215 e. The number of hydrogen-bond acceptors (Lipinski definition) is 6. The van der Waals surface area contributed by atoms with Crippen molar-refractivity contribution in [1.82, 2.24) is 14.1 Å². The molecule has 2 aromatic rings. The molecule has 0 amide bonds. The molecule has 22 heavy (non-hydrogen) atoms. The van der Waals surface area contributed by atoms with Gasteiger partial charge in [0.15, 0.2) is 0 Å². The summed E-state index contributed by atoms with van der Waals surface area (Å²) in [6.07, 6.45) is 2.40. The van der Waals surface area contributed by atoms with Gasteiger partial charge in [0.05, 0.1) is 5.75 Å². The van der Waals surface area contributed by atoms with Gasteiger partial charge in [-0.3, -0.25) is 0 Å². The number of nitrogens with one attached hydrogen (secondary N) is 2. The van der Waals surface area contributed by atoms with Gasteiger partial charge in [-0.2, -0.15) is 4.37 Å². The Balaban J connectivity index is 1.56. The largest absolute Gasteiger partial charge is 0.356 e. The molecule has 1 heterocycles. The van der Waals surface area contributed by atoms with Gasteiger partial charge < -0.3 is 5.32 Å². The standard InChI is InChI=1S/C14H18N4O2S2/c1-15-22(19,20)9-11-4-2-10(3-5-11)8-16-14-17-13(18-21-14)12-6-7-12/h2-5,12,15H,6-9H2,1H3,(H,16,17,18). The Bertz CT molecular complexity index is 736. The van der Waals surface area contributed by atoms with Crippen LogP contribution in [0.4, 0.5) is 5.13 Å². The van der Waals surface area contributed by atoms with E-state index in [0.29, 0.717) is 12.5 Å². The van der Waals surface area contributed by atoms with Crippen LogP contribution in [0.2, 0.25) is 0 Å². The van der Waals surface area contributed by atoms with E-state index in [1.54, 1.807) is 0 Å². The molecule has 3 rings (SSSR count). The molecule has 6 nitrogen and oxygen atoms in total. The molecular weight excluding hydrogens is 320 g/mol. The maximum absolute atomic E-state index is 11.5. The van der Waals surface area contributed by atoms with Crippen molar-refractivity contribution in [3.63, 3.8) is 0 Å². The van der Waals surface area contributed by atoms with Gasteiger partial charge in [0.1, 0.15) is 5.82 Å². The zero-order valence-corrected chi connectivity index (χ0v) is 13.9. The maximum atomic E-state index is 11.5.